The summed E-state index contributed by atoms with van der Waals surface area (Å²) < 4.78 is 46.7. The molecule has 0 aromatic heterocycles. The van der Waals surface area contributed by atoms with Gasteiger partial charge in [0.2, 0.25) is 0 Å². The molecule has 2 aromatic carbocycles. The minimum Gasteiger partial charge on any atom is -0.494 e. The summed E-state index contributed by atoms with van der Waals surface area (Å²) in [6.45, 7) is 10.9. The Kier molecular flexibility index (Phi) is 11.4. The zero-order chi connectivity index (χ0) is 31.1. The van der Waals surface area contributed by atoms with Crippen LogP contribution in [-0.2, 0) is 11.0 Å². The van der Waals surface area contributed by atoms with Crippen LogP contribution in [0, 0.1) is 11.3 Å². The lowest BCUT2D eigenvalue weighted by Crippen LogP contribution is -2.44. The van der Waals surface area contributed by atoms with Gasteiger partial charge in [-0.15, -0.1) is 0 Å². The minimum atomic E-state index is -4.74. The Hall–Kier alpha value is -3.16. The van der Waals surface area contributed by atoms with Gasteiger partial charge >= 0.3 is 6.18 Å². The molecule has 0 spiro atoms. The Bertz CT molecular complexity index is 1290. The normalized spacial score (nSPS) is 15.8. The number of nitriles is 1. The third-order valence-corrected chi connectivity index (χ3v) is 8.22. The number of ether oxygens (including phenoxy) is 1. The highest BCUT2D eigenvalue weighted by Gasteiger charge is 2.49. The van der Waals surface area contributed by atoms with Gasteiger partial charge in [-0.25, -0.2) is 0 Å². The molecule has 6 nitrogen and oxygen atoms in total. The van der Waals surface area contributed by atoms with E-state index in [4.69, 9.17) is 22.2 Å². The number of halogens is 3. The quantitative estimate of drug-likeness (QED) is 0.176. The molecule has 1 saturated heterocycles. The molecule has 0 radical (unpaired) electrons. The molecule has 1 aliphatic rings. The van der Waals surface area contributed by atoms with Crippen LogP contribution in [-0.4, -0.2) is 40.7 Å². The van der Waals surface area contributed by atoms with E-state index in [1.165, 1.54) is 11.6 Å². The molecule has 1 heterocycles. The van der Waals surface area contributed by atoms with Crippen molar-refractivity contribution in [1.82, 2.24) is 10.2 Å². The van der Waals surface area contributed by atoms with Gasteiger partial charge < -0.3 is 15.0 Å². The van der Waals surface area contributed by atoms with Crippen molar-refractivity contribution in [2.45, 2.75) is 96.9 Å². The second-order valence-corrected chi connectivity index (χ2v) is 11.5. The fourth-order valence-corrected chi connectivity index (χ4v) is 5.78. The molecule has 3 rings (SSSR count). The highest BCUT2D eigenvalue weighted by atomic mass is 32.1. The van der Waals surface area contributed by atoms with Crippen LogP contribution in [0.5, 0.6) is 5.75 Å². The molecular weight excluding hydrogens is 561 g/mol. The summed E-state index contributed by atoms with van der Waals surface area (Å²) in [7, 11) is 0. The van der Waals surface area contributed by atoms with E-state index < -0.39 is 28.7 Å². The van der Waals surface area contributed by atoms with Gasteiger partial charge in [-0.05, 0) is 94.1 Å². The first-order valence-corrected chi connectivity index (χ1v) is 15.1. The van der Waals surface area contributed by atoms with E-state index in [0.29, 0.717) is 32.0 Å². The summed E-state index contributed by atoms with van der Waals surface area (Å²) in [5.74, 6) is 0.390. The Labute approximate surface area is 252 Å². The van der Waals surface area contributed by atoms with Gasteiger partial charge in [-0.1, -0.05) is 39.3 Å². The molecule has 228 valence electrons. The van der Waals surface area contributed by atoms with E-state index in [0.717, 1.165) is 48.5 Å². The number of carbonyl (C=O) groups excluding carboxylic acids is 1. The van der Waals surface area contributed by atoms with Crippen LogP contribution in [0.2, 0.25) is 0 Å². The van der Waals surface area contributed by atoms with E-state index in [1.807, 2.05) is 12.1 Å². The largest absolute Gasteiger partial charge is 0.494 e. The number of hydrogen-bond donors (Lipinski definition) is 1. The van der Waals surface area contributed by atoms with Gasteiger partial charge in [-0.2, -0.15) is 18.4 Å². The van der Waals surface area contributed by atoms with E-state index in [2.05, 4.69) is 38.2 Å². The number of amides is 1. The van der Waals surface area contributed by atoms with Crippen molar-refractivity contribution in [3.63, 3.8) is 0 Å². The number of unbranched alkanes of at least 4 members (excludes halogenated alkanes) is 1. The van der Waals surface area contributed by atoms with E-state index >= 15 is 0 Å². The summed E-state index contributed by atoms with van der Waals surface area (Å²) in [6, 6.07) is 13.7. The summed E-state index contributed by atoms with van der Waals surface area (Å²) in [5.41, 5.74) is -1.43. The van der Waals surface area contributed by atoms with Gasteiger partial charge in [0.05, 0.1) is 29.5 Å². The van der Waals surface area contributed by atoms with Crippen LogP contribution < -0.4 is 15.0 Å². The fraction of sp³-hybridized carbons (Fsp3) is 0.531. The predicted octanol–water partition coefficient (Wildman–Crippen LogP) is 7.77. The molecule has 1 unspecified atom stereocenters. The summed E-state index contributed by atoms with van der Waals surface area (Å²) in [4.78, 5) is 16.2. The highest BCUT2D eigenvalue weighted by Crippen LogP contribution is 2.38. The molecule has 10 heteroatoms. The van der Waals surface area contributed by atoms with Gasteiger partial charge in [0.1, 0.15) is 11.3 Å². The van der Waals surface area contributed by atoms with Crippen molar-refractivity contribution in [2.24, 2.45) is 0 Å². The lowest BCUT2D eigenvalue weighted by atomic mass is 10.00. The van der Waals surface area contributed by atoms with Crippen molar-refractivity contribution in [2.75, 3.05) is 18.1 Å². The number of anilines is 1. The summed E-state index contributed by atoms with van der Waals surface area (Å²) in [6.07, 6.45) is 0.910. The first-order valence-electron chi connectivity index (χ1n) is 14.6. The van der Waals surface area contributed by atoms with Gasteiger partial charge in [0.15, 0.2) is 5.11 Å². The van der Waals surface area contributed by atoms with Crippen molar-refractivity contribution < 1.29 is 22.7 Å². The number of nitrogens with zero attached hydrogens (tertiary/aromatic N) is 3. The number of alkyl halides is 3. The Morgan fingerprint density at radius 3 is 2.43 bits per heavy atom. The molecule has 0 aliphatic carbocycles. The molecule has 0 bridgehead atoms. The van der Waals surface area contributed by atoms with Crippen molar-refractivity contribution in [3.8, 4) is 11.8 Å². The maximum absolute atomic E-state index is 13.6. The van der Waals surface area contributed by atoms with Gasteiger partial charge in [0.25, 0.3) is 5.91 Å². The van der Waals surface area contributed by atoms with Crippen molar-refractivity contribution >= 4 is 28.9 Å². The predicted molar refractivity (Wildman–Crippen MR) is 163 cm³/mol. The second kappa shape index (κ2) is 14.3. The highest BCUT2D eigenvalue weighted by molar-refractivity contribution is 7.80. The zero-order valence-electron chi connectivity index (χ0n) is 25.1. The molecule has 2 aromatic rings. The van der Waals surface area contributed by atoms with Crippen molar-refractivity contribution in [1.29, 1.82) is 5.26 Å². The van der Waals surface area contributed by atoms with E-state index in [-0.39, 0.29) is 16.8 Å². The van der Waals surface area contributed by atoms with Gasteiger partial charge in [-0.3, -0.25) is 9.69 Å². The second-order valence-electron chi connectivity index (χ2n) is 11.1. The maximum atomic E-state index is 13.6. The van der Waals surface area contributed by atoms with Crippen LogP contribution >= 0.6 is 12.2 Å². The van der Waals surface area contributed by atoms with Crippen LogP contribution in [0.25, 0.3) is 0 Å². The van der Waals surface area contributed by atoms with Crippen LogP contribution in [0.3, 0.4) is 0 Å². The molecule has 1 N–H and O–H groups in total. The smallest absolute Gasteiger partial charge is 0.417 e. The Balaban J connectivity index is 1.62. The SMILES string of the molecule is CCCC(NC(CC)CC)c1cccc(OCCCCN2C(=S)N(c3ccc(C#N)c(C(F)(F)F)c3)C(=O)C2(C)C)c1. The maximum Gasteiger partial charge on any atom is 0.417 e. The fourth-order valence-electron chi connectivity index (χ4n) is 5.27. The van der Waals surface area contributed by atoms with E-state index in [9.17, 15) is 18.0 Å². The van der Waals surface area contributed by atoms with E-state index in [1.54, 1.807) is 24.8 Å². The number of hydrogen-bond acceptors (Lipinski definition) is 5. The third-order valence-electron chi connectivity index (χ3n) is 7.82. The summed E-state index contributed by atoms with van der Waals surface area (Å²) >= 11 is 5.58. The average Bonchev–Trinajstić information content (AvgIpc) is 3.13. The summed E-state index contributed by atoms with van der Waals surface area (Å²) in [5, 5.41) is 13.0. The minimum absolute atomic E-state index is 0.00447. The molecule has 1 atom stereocenters. The first-order chi connectivity index (χ1) is 19.9. The zero-order valence-corrected chi connectivity index (χ0v) is 25.9. The van der Waals surface area contributed by atoms with Crippen LogP contribution in [0.4, 0.5) is 18.9 Å². The molecule has 1 amide bonds. The number of nitrogens with one attached hydrogen (secondary N) is 1. The Morgan fingerprint density at radius 2 is 1.81 bits per heavy atom. The first kappa shape index (κ1) is 33.3. The number of benzene rings is 2. The van der Waals surface area contributed by atoms with Crippen molar-refractivity contribution in [3.05, 3.63) is 59.2 Å². The third kappa shape index (κ3) is 7.61. The standard InChI is InChI=1S/C32H41F3N4O2S/c1-6-12-28(37-24(7-2)8-3)22-13-11-14-26(19-22)41-18-10-9-17-38-30(42)39(29(40)31(38,4)5)25-16-15-23(21-36)27(20-25)32(33,34)35/h11,13-16,19-20,24,28,37H,6-10,12,17-18H2,1-5H3. The molecule has 1 fully saturated rings. The Morgan fingerprint density at radius 1 is 1.10 bits per heavy atom. The average molecular weight is 603 g/mol. The monoisotopic (exact) mass is 602 g/mol. The molecule has 1 aliphatic heterocycles. The molecule has 0 saturated carbocycles. The number of rotatable bonds is 14. The van der Waals surface area contributed by atoms with Crippen LogP contribution in [0.15, 0.2) is 42.5 Å². The number of carbonyl (C=O) groups is 1. The lowest BCUT2D eigenvalue weighted by molar-refractivity contribution is -0.137. The van der Waals surface area contributed by atoms with Gasteiger partial charge in [0, 0.05) is 18.6 Å². The lowest BCUT2D eigenvalue weighted by Gasteiger charge is -2.29. The number of thiocarbonyl (C=S) groups is 1. The topological polar surface area (TPSA) is 68.6 Å². The molecular formula is C32H41F3N4O2S. The molecule has 42 heavy (non-hydrogen) atoms. The van der Waals surface area contributed by atoms with Crippen LogP contribution in [0.1, 0.15) is 95.9 Å².